The SMILES string of the molecule is CCCC(NC(=O)OCC1c2ccccc2-c2ccccc21)C(=O)N[C@H]1CCO[C@H]1C(=O)O. The van der Waals surface area contributed by atoms with E-state index >= 15 is 0 Å². The predicted molar refractivity (Wildman–Crippen MR) is 121 cm³/mol. The molecule has 0 aromatic heterocycles. The Kier molecular flexibility index (Phi) is 6.93. The van der Waals surface area contributed by atoms with E-state index in [4.69, 9.17) is 9.47 Å². The third-order valence-corrected chi connectivity index (χ3v) is 6.19. The molecule has 1 heterocycles. The molecule has 0 radical (unpaired) electrons. The Bertz CT molecular complexity index is 994. The second kappa shape index (κ2) is 10.0. The summed E-state index contributed by atoms with van der Waals surface area (Å²) in [5.74, 6) is -1.63. The van der Waals surface area contributed by atoms with Gasteiger partial charge in [0, 0.05) is 12.5 Å². The molecule has 3 N–H and O–H groups in total. The standard InChI is InChI=1S/C25H28N2O6/c1-2-7-21(23(28)26-20-12-13-32-22(20)24(29)30)27-25(31)33-14-19-17-10-5-3-8-15(17)16-9-4-6-11-18(16)19/h3-6,8-11,19-22H,2,7,12-14H2,1H3,(H,26,28)(H,27,31)(H,29,30)/t20-,21?,22+/m0/s1. The zero-order valence-electron chi connectivity index (χ0n) is 18.5. The number of hydrogen-bond donors (Lipinski definition) is 3. The number of fused-ring (bicyclic) bond motifs is 3. The zero-order chi connectivity index (χ0) is 23.4. The molecule has 0 bridgehead atoms. The van der Waals surface area contributed by atoms with Crippen LogP contribution in [0.2, 0.25) is 0 Å². The monoisotopic (exact) mass is 452 g/mol. The summed E-state index contributed by atoms with van der Waals surface area (Å²) in [4.78, 5) is 36.6. The molecule has 2 aromatic rings. The van der Waals surface area contributed by atoms with Crippen molar-refractivity contribution in [3.05, 3.63) is 59.7 Å². The molecule has 1 unspecified atom stereocenters. The number of nitrogens with one attached hydrogen (secondary N) is 2. The van der Waals surface area contributed by atoms with Crippen molar-refractivity contribution in [3.63, 3.8) is 0 Å². The molecule has 2 amide bonds. The van der Waals surface area contributed by atoms with E-state index in [1.807, 2.05) is 43.3 Å². The molecule has 4 rings (SSSR count). The molecule has 2 aromatic carbocycles. The lowest BCUT2D eigenvalue weighted by atomic mass is 9.98. The molecular weight excluding hydrogens is 424 g/mol. The van der Waals surface area contributed by atoms with Gasteiger partial charge in [-0.1, -0.05) is 61.9 Å². The van der Waals surface area contributed by atoms with Crippen molar-refractivity contribution < 1.29 is 29.0 Å². The van der Waals surface area contributed by atoms with Gasteiger partial charge >= 0.3 is 12.1 Å². The van der Waals surface area contributed by atoms with E-state index in [0.717, 1.165) is 22.3 Å². The summed E-state index contributed by atoms with van der Waals surface area (Å²) in [6.07, 6.45) is -0.285. The van der Waals surface area contributed by atoms with Crippen LogP contribution in [0.3, 0.4) is 0 Å². The van der Waals surface area contributed by atoms with Crippen molar-refractivity contribution in [2.45, 2.75) is 50.3 Å². The van der Waals surface area contributed by atoms with Gasteiger partial charge in [0.2, 0.25) is 5.91 Å². The molecule has 2 aliphatic rings. The number of carbonyl (C=O) groups is 3. The lowest BCUT2D eigenvalue weighted by Crippen LogP contribution is -2.52. The van der Waals surface area contributed by atoms with E-state index in [9.17, 15) is 19.5 Å². The highest BCUT2D eigenvalue weighted by molar-refractivity contribution is 5.87. The summed E-state index contributed by atoms with van der Waals surface area (Å²) in [6, 6.07) is 14.7. The number of carboxylic acids is 1. The van der Waals surface area contributed by atoms with E-state index in [1.54, 1.807) is 0 Å². The van der Waals surface area contributed by atoms with Gasteiger partial charge in [-0.05, 0) is 35.1 Å². The Morgan fingerprint density at radius 2 is 1.73 bits per heavy atom. The van der Waals surface area contributed by atoms with Crippen LogP contribution in [-0.4, -0.2) is 54.5 Å². The highest BCUT2D eigenvalue weighted by Gasteiger charge is 2.36. The summed E-state index contributed by atoms with van der Waals surface area (Å²) >= 11 is 0. The molecule has 1 aliphatic heterocycles. The number of rotatable bonds is 8. The largest absolute Gasteiger partial charge is 0.479 e. The average Bonchev–Trinajstić information content (AvgIpc) is 3.40. The number of carboxylic acid groups (broad SMARTS) is 1. The van der Waals surface area contributed by atoms with Gasteiger partial charge in [0.25, 0.3) is 0 Å². The first-order valence-electron chi connectivity index (χ1n) is 11.3. The molecule has 8 nitrogen and oxygen atoms in total. The Hall–Kier alpha value is -3.39. The van der Waals surface area contributed by atoms with Gasteiger partial charge in [0.05, 0.1) is 6.04 Å². The van der Waals surface area contributed by atoms with Crippen LogP contribution in [0, 0.1) is 0 Å². The third-order valence-electron chi connectivity index (χ3n) is 6.19. The second-order valence-electron chi connectivity index (χ2n) is 8.34. The van der Waals surface area contributed by atoms with Crippen molar-refractivity contribution in [1.29, 1.82) is 0 Å². The van der Waals surface area contributed by atoms with Gasteiger partial charge < -0.3 is 25.2 Å². The highest BCUT2D eigenvalue weighted by atomic mass is 16.5. The first-order valence-corrected chi connectivity index (χ1v) is 11.3. The molecule has 8 heteroatoms. The number of ether oxygens (including phenoxy) is 2. The maximum absolute atomic E-state index is 12.8. The van der Waals surface area contributed by atoms with Crippen molar-refractivity contribution in [3.8, 4) is 11.1 Å². The number of hydrogen-bond acceptors (Lipinski definition) is 5. The van der Waals surface area contributed by atoms with Gasteiger partial charge in [-0.25, -0.2) is 9.59 Å². The highest BCUT2D eigenvalue weighted by Crippen LogP contribution is 2.44. The van der Waals surface area contributed by atoms with Crippen molar-refractivity contribution in [1.82, 2.24) is 10.6 Å². The molecule has 33 heavy (non-hydrogen) atoms. The van der Waals surface area contributed by atoms with Gasteiger partial charge in [0.15, 0.2) is 6.10 Å². The summed E-state index contributed by atoms with van der Waals surface area (Å²) in [5, 5.41) is 14.6. The second-order valence-corrected chi connectivity index (χ2v) is 8.34. The summed E-state index contributed by atoms with van der Waals surface area (Å²) in [6.45, 7) is 2.32. The normalized spacial score (nSPS) is 19.9. The van der Waals surface area contributed by atoms with Gasteiger partial charge in [-0.3, -0.25) is 4.79 Å². The molecule has 3 atom stereocenters. The minimum atomic E-state index is -1.12. The molecule has 0 spiro atoms. The van der Waals surface area contributed by atoms with E-state index in [2.05, 4.69) is 22.8 Å². The Balaban J connectivity index is 1.38. The summed E-state index contributed by atoms with van der Waals surface area (Å²) in [5.41, 5.74) is 4.49. The molecule has 1 aliphatic carbocycles. The number of amides is 2. The van der Waals surface area contributed by atoms with E-state index < -0.39 is 36.2 Å². The van der Waals surface area contributed by atoms with Crippen LogP contribution in [0.1, 0.15) is 43.2 Å². The van der Waals surface area contributed by atoms with Gasteiger partial charge in [-0.15, -0.1) is 0 Å². The van der Waals surface area contributed by atoms with Crippen LogP contribution in [0.5, 0.6) is 0 Å². The maximum atomic E-state index is 12.8. The Morgan fingerprint density at radius 3 is 2.33 bits per heavy atom. The molecule has 174 valence electrons. The fourth-order valence-electron chi connectivity index (χ4n) is 4.60. The van der Waals surface area contributed by atoms with Crippen LogP contribution in [0.15, 0.2) is 48.5 Å². The predicted octanol–water partition coefficient (Wildman–Crippen LogP) is 3.05. The van der Waals surface area contributed by atoms with Crippen LogP contribution < -0.4 is 10.6 Å². The number of alkyl carbamates (subject to hydrolysis) is 1. The number of benzene rings is 2. The van der Waals surface area contributed by atoms with Crippen molar-refractivity contribution in [2.75, 3.05) is 13.2 Å². The van der Waals surface area contributed by atoms with Crippen molar-refractivity contribution >= 4 is 18.0 Å². The van der Waals surface area contributed by atoms with Gasteiger partial charge in [0.1, 0.15) is 12.6 Å². The topological polar surface area (TPSA) is 114 Å². The van der Waals surface area contributed by atoms with Crippen LogP contribution in [0.25, 0.3) is 11.1 Å². The maximum Gasteiger partial charge on any atom is 0.407 e. The number of aliphatic carboxylic acids is 1. The fraction of sp³-hybridized carbons (Fsp3) is 0.400. The number of carbonyl (C=O) groups excluding carboxylic acids is 2. The van der Waals surface area contributed by atoms with Crippen LogP contribution >= 0.6 is 0 Å². The summed E-state index contributed by atoms with van der Waals surface area (Å²) in [7, 11) is 0. The average molecular weight is 453 g/mol. The van der Waals surface area contributed by atoms with E-state index in [0.29, 0.717) is 19.3 Å². The minimum Gasteiger partial charge on any atom is -0.479 e. The Morgan fingerprint density at radius 1 is 1.09 bits per heavy atom. The van der Waals surface area contributed by atoms with E-state index in [1.165, 1.54) is 0 Å². The molecule has 1 fully saturated rings. The third kappa shape index (κ3) is 4.85. The Labute approximate surface area is 192 Å². The van der Waals surface area contributed by atoms with Gasteiger partial charge in [-0.2, -0.15) is 0 Å². The fourth-order valence-corrected chi connectivity index (χ4v) is 4.60. The van der Waals surface area contributed by atoms with Crippen LogP contribution in [-0.2, 0) is 19.1 Å². The molecular formula is C25H28N2O6. The summed E-state index contributed by atoms with van der Waals surface area (Å²) < 4.78 is 10.7. The first-order chi connectivity index (χ1) is 16.0. The minimum absolute atomic E-state index is 0.0754. The van der Waals surface area contributed by atoms with E-state index in [-0.39, 0.29) is 19.1 Å². The molecule has 1 saturated heterocycles. The first kappa shape index (κ1) is 22.8. The smallest absolute Gasteiger partial charge is 0.407 e. The lowest BCUT2D eigenvalue weighted by Gasteiger charge is -2.22. The van der Waals surface area contributed by atoms with Crippen molar-refractivity contribution in [2.24, 2.45) is 0 Å². The quantitative estimate of drug-likeness (QED) is 0.567. The zero-order valence-corrected chi connectivity index (χ0v) is 18.5. The van der Waals surface area contributed by atoms with Crippen LogP contribution in [0.4, 0.5) is 4.79 Å². The molecule has 0 saturated carbocycles. The lowest BCUT2D eigenvalue weighted by molar-refractivity contribution is -0.148.